The Balaban J connectivity index is 1.63. The fourth-order valence-electron chi connectivity index (χ4n) is 3.98. The average Bonchev–Trinajstić information content (AvgIpc) is 2.83. The summed E-state index contributed by atoms with van der Waals surface area (Å²) in [7, 11) is 1.41. The van der Waals surface area contributed by atoms with Gasteiger partial charge in [0.15, 0.2) is 0 Å². The van der Waals surface area contributed by atoms with E-state index in [0.717, 1.165) is 41.2 Å². The van der Waals surface area contributed by atoms with Crippen molar-refractivity contribution in [1.29, 1.82) is 0 Å². The summed E-state index contributed by atoms with van der Waals surface area (Å²) >= 11 is 0. The van der Waals surface area contributed by atoms with Gasteiger partial charge >= 0.3 is 5.97 Å². The number of nitrogens with one attached hydrogen (secondary N) is 1. The molecule has 162 valence electrons. The molecule has 1 aliphatic rings. The number of hydrogen-bond acceptors (Lipinski definition) is 6. The fourth-order valence-corrected chi connectivity index (χ4v) is 3.98. The minimum atomic E-state index is -0.342. The predicted molar refractivity (Wildman–Crippen MR) is 123 cm³/mol. The molecule has 4 rings (SSSR count). The lowest BCUT2D eigenvalue weighted by Gasteiger charge is -2.30. The van der Waals surface area contributed by atoms with Crippen molar-refractivity contribution in [1.82, 2.24) is 0 Å². The standard InChI is InChI=1S/C25H28N2O4/c1-3-31-24-11-8-18-6-4-5-7-20(18)22(24)17-26-19-9-10-23(21(16-19)25(28)29-2)27-12-14-30-15-13-27/h4-11,16,26H,3,12-15,17H2,1-2H3. The second kappa shape index (κ2) is 9.71. The van der Waals surface area contributed by atoms with Crippen LogP contribution in [0.4, 0.5) is 11.4 Å². The van der Waals surface area contributed by atoms with Crippen molar-refractivity contribution >= 4 is 28.1 Å². The van der Waals surface area contributed by atoms with E-state index in [9.17, 15) is 4.79 Å². The Bertz CT molecular complexity index is 1060. The highest BCUT2D eigenvalue weighted by Crippen LogP contribution is 2.30. The molecule has 0 aromatic heterocycles. The topological polar surface area (TPSA) is 60.0 Å². The molecule has 3 aromatic rings. The molecule has 31 heavy (non-hydrogen) atoms. The summed E-state index contributed by atoms with van der Waals surface area (Å²) in [5.74, 6) is 0.525. The third-order valence-electron chi connectivity index (χ3n) is 5.52. The molecule has 6 heteroatoms. The molecule has 0 radical (unpaired) electrons. The molecule has 1 aliphatic heterocycles. The van der Waals surface area contributed by atoms with Crippen LogP contribution in [0.1, 0.15) is 22.8 Å². The first-order chi connectivity index (χ1) is 15.2. The number of hydrogen-bond donors (Lipinski definition) is 1. The van der Waals surface area contributed by atoms with E-state index in [4.69, 9.17) is 14.2 Å². The summed E-state index contributed by atoms with van der Waals surface area (Å²) in [6, 6.07) is 18.2. The molecule has 1 N–H and O–H groups in total. The summed E-state index contributed by atoms with van der Waals surface area (Å²) in [5.41, 5.74) is 3.38. The van der Waals surface area contributed by atoms with Crippen molar-refractivity contribution in [3.8, 4) is 5.75 Å². The Hall–Kier alpha value is -3.25. The number of benzene rings is 3. The molecule has 0 bridgehead atoms. The van der Waals surface area contributed by atoms with Crippen molar-refractivity contribution in [3.63, 3.8) is 0 Å². The minimum Gasteiger partial charge on any atom is -0.494 e. The first-order valence-electron chi connectivity index (χ1n) is 10.6. The van der Waals surface area contributed by atoms with Crippen LogP contribution in [0.3, 0.4) is 0 Å². The summed E-state index contributed by atoms with van der Waals surface area (Å²) in [4.78, 5) is 14.7. The van der Waals surface area contributed by atoms with Crippen molar-refractivity contribution in [2.75, 3.05) is 50.2 Å². The Morgan fingerprint density at radius 2 is 1.90 bits per heavy atom. The van der Waals surface area contributed by atoms with Crippen LogP contribution < -0.4 is 15.0 Å². The number of methoxy groups -OCH3 is 1. The van der Waals surface area contributed by atoms with Gasteiger partial charge in [-0.3, -0.25) is 0 Å². The third kappa shape index (κ3) is 4.59. The third-order valence-corrected chi connectivity index (χ3v) is 5.52. The van der Waals surface area contributed by atoms with Crippen LogP contribution in [0.25, 0.3) is 10.8 Å². The molecule has 0 aliphatic carbocycles. The number of carbonyl (C=O) groups is 1. The van der Waals surface area contributed by atoms with Gasteiger partial charge < -0.3 is 24.4 Å². The van der Waals surface area contributed by atoms with E-state index in [2.05, 4.69) is 28.4 Å². The quantitative estimate of drug-likeness (QED) is 0.569. The van der Waals surface area contributed by atoms with E-state index in [-0.39, 0.29) is 5.97 Å². The van der Waals surface area contributed by atoms with Crippen molar-refractivity contribution in [3.05, 3.63) is 65.7 Å². The van der Waals surface area contributed by atoms with E-state index in [1.165, 1.54) is 12.5 Å². The summed E-state index contributed by atoms with van der Waals surface area (Å²) < 4.78 is 16.4. The van der Waals surface area contributed by atoms with E-state index < -0.39 is 0 Å². The SMILES string of the molecule is CCOc1ccc2ccccc2c1CNc1ccc(N2CCOCC2)c(C(=O)OC)c1. The first kappa shape index (κ1) is 21.0. The molecular formula is C25H28N2O4. The smallest absolute Gasteiger partial charge is 0.340 e. The highest BCUT2D eigenvalue weighted by molar-refractivity contribution is 5.97. The highest BCUT2D eigenvalue weighted by atomic mass is 16.5. The molecule has 0 saturated carbocycles. The van der Waals surface area contributed by atoms with Gasteiger partial charge in [0.1, 0.15) is 5.75 Å². The fraction of sp³-hybridized carbons (Fsp3) is 0.320. The summed E-state index contributed by atoms with van der Waals surface area (Å²) in [6.07, 6.45) is 0. The van der Waals surface area contributed by atoms with Crippen molar-refractivity contribution in [2.24, 2.45) is 0 Å². The highest BCUT2D eigenvalue weighted by Gasteiger charge is 2.20. The van der Waals surface area contributed by atoms with Gasteiger partial charge in [-0.25, -0.2) is 4.79 Å². The number of fused-ring (bicyclic) bond motifs is 1. The van der Waals surface area contributed by atoms with E-state index in [1.807, 2.05) is 43.3 Å². The van der Waals surface area contributed by atoms with E-state index in [0.29, 0.717) is 31.9 Å². The number of esters is 1. The molecule has 1 heterocycles. The Kier molecular flexibility index (Phi) is 6.57. The van der Waals surface area contributed by atoms with Crippen LogP contribution in [0.15, 0.2) is 54.6 Å². The maximum atomic E-state index is 12.5. The monoisotopic (exact) mass is 420 g/mol. The van der Waals surface area contributed by atoms with Crippen LogP contribution in [0.2, 0.25) is 0 Å². The largest absolute Gasteiger partial charge is 0.494 e. The molecule has 6 nitrogen and oxygen atoms in total. The first-order valence-corrected chi connectivity index (χ1v) is 10.6. The number of anilines is 2. The second-order valence-electron chi connectivity index (χ2n) is 7.37. The number of morpholine rings is 1. The number of ether oxygens (including phenoxy) is 3. The van der Waals surface area contributed by atoms with Gasteiger partial charge in [0, 0.05) is 30.9 Å². The maximum Gasteiger partial charge on any atom is 0.340 e. The number of rotatable bonds is 7. The number of carbonyl (C=O) groups excluding carboxylic acids is 1. The Morgan fingerprint density at radius 1 is 1.10 bits per heavy atom. The zero-order valence-electron chi connectivity index (χ0n) is 18.0. The molecule has 1 saturated heterocycles. The van der Waals surface area contributed by atoms with Gasteiger partial charge in [0.25, 0.3) is 0 Å². The van der Waals surface area contributed by atoms with E-state index in [1.54, 1.807) is 0 Å². The molecule has 3 aromatic carbocycles. The van der Waals surface area contributed by atoms with Gasteiger partial charge in [-0.15, -0.1) is 0 Å². The Labute approximate surface area is 182 Å². The molecule has 0 spiro atoms. The van der Waals surface area contributed by atoms with Gasteiger partial charge in [-0.05, 0) is 42.0 Å². The lowest BCUT2D eigenvalue weighted by Crippen LogP contribution is -2.37. The molecule has 0 unspecified atom stereocenters. The zero-order chi connectivity index (χ0) is 21.6. The minimum absolute atomic E-state index is 0.342. The zero-order valence-corrected chi connectivity index (χ0v) is 18.0. The van der Waals surface area contributed by atoms with Crippen LogP contribution in [-0.4, -0.2) is 46.0 Å². The van der Waals surface area contributed by atoms with Crippen molar-refractivity contribution < 1.29 is 19.0 Å². The summed E-state index contributed by atoms with van der Waals surface area (Å²) in [5, 5.41) is 5.79. The normalized spacial score (nSPS) is 13.8. The van der Waals surface area contributed by atoms with Crippen LogP contribution in [0, 0.1) is 0 Å². The number of nitrogens with zero attached hydrogens (tertiary/aromatic N) is 1. The summed E-state index contributed by atoms with van der Waals surface area (Å²) in [6.45, 7) is 5.98. The van der Waals surface area contributed by atoms with Crippen LogP contribution in [0.5, 0.6) is 5.75 Å². The second-order valence-corrected chi connectivity index (χ2v) is 7.37. The van der Waals surface area contributed by atoms with E-state index >= 15 is 0 Å². The van der Waals surface area contributed by atoms with Gasteiger partial charge in [0.2, 0.25) is 0 Å². The average molecular weight is 421 g/mol. The van der Waals surface area contributed by atoms with Gasteiger partial charge in [-0.2, -0.15) is 0 Å². The predicted octanol–water partition coefficient (Wildman–Crippen LogP) is 4.47. The maximum absolute atomic E-state index is 12.5. The van der Waals surface area contributed by atoms with Crippen molar-refractivity contribution in [2.45, 2.75) is 13.5 Å². The molecule has 1 fully saturated rings. The Morgan fingerprint density at radius 3 is 2.68 bits per heavy atom. The van der Waals surface area contributed by atoms with Gasteiger partial charge in [-0.1, -0.05) is 30.3 Å². The van der Waals surface area contributed by atoms with Crippen LogP contribution in [-0.2, 0) is 16.0 Å². The molecule has 0 amide bonds. The molecule has 0 atom stereocenters. The van der Waals surface area contributed by atoms with Crippen LogP contribution >= 0.6 is 0 Å². The lowest BCUT2D eigenvalue weighted by atomic mass is 10.0. The lowest BCUT2D eigenvalue weighted by molar-refractivity contribution is 0.0600. The molecular weight excluding hydrogens is 392 g/mol. The van der Waals surface area contributed by atoms with Gasteiger partial charge in [0.05, 0.1) is 38.2 Å².